The lowest BCUT2D eigenvalue weighted by Gasteiger charge is -2.33. The molecule has 1 aliphatic rings. The molecule has 3 aromatic carbocycles. The number of anilines is 1. The summed E-state index contributed by atoms with van der Waals surface area (Å²) in [6, 6.07) is 13.5. The Labute approximate surface area is 185 Å². The number of nitrogens with zero attached hydrogens (tertiary/aromatic N) is 2. The van der Waals surface area contributed by atoms with Crippen LogP contribution in [-0.4, -0.2) is 24.7 Å². The van der Waals surface area contributed by atoms with Crippen LogP contribution in [0.2, 0.25) is 0 Å². The fourth-order valence-corrected chi connectivity index (χ4v) is 3.95. The summed E-state index contributed by atoms with van der Waals surface area (Å²) in [7, 11) is 1.90. The highest BCUT2D eigenvalue weighted by Gasteiger charge is 2.36. The van der Waals surface area contributed by atoms with Gasteiger partial charge < -0.3 is 14.1 Å². The summed E-state index contributed by atoms with van der Waals surface area (Å²) in [5, 5.41) is 0. The summed E-state index contributed by atoms with van der Waals surface area (Å²) < 4.78 is 78.4. The average molecular weight is 460 g/mol. The zero-order valence-corrected chi connectivity index (χ0v) is 17.3. The fourth-order valence-electron chi connectivity index (χ4n) is 3.95. The van der Waals surface area contributed by atoms with Gasteiger partial charge in [0.05, 0.1) is 17.2 Å². The van der Waals surface area contributed by atoms with Crippen LogP contribution in [0.4, 0.5) is 27.6 Å². The third-order valence-electron chi connectivity index (χ3n) is 5.78. The number of oxazole rings is 1. The van der Waals surface area contributed by atoms with Crippen LogP contribution in [0.5, 0.6) is 5.75 Å². The van der Waals surface area contributed by atoms with E-state index in [4.69, 9.17) is 9.15 Å². The van der Waals surface area contributed by atoms with E-state index in [-0.39, 0.29) is 23.6 Å². The lowest BCUT2D eigenvalue weighted by atomic mass is 10.0. The predicted octanol–water partition coefficient (Wildman–Crippen LogP) is 6.23. The maximum absolute atomic E-state index is 14.3. The minimum Gasteiger partial charge on any atom is -0.491 e. The predicted molar refractivity (Wildman–Crippen MR) is 112 cm³/mol. The molecule has 4 aromatic rings. The Bertz CT molecular complexity index is 1350. The maximum Gasteiger partial charge on any atom is 0.419 e. The van der Waals surface area contributed by atoms with Crippen LogP contribution in [0, 0.1) is 11.6 Å². The Balaban J connectivity index is 1.47. The van der Waals surface area contributed by atoms with Gasteiger partial charge in [0, 0.05) is 18.8 Å². The summed E-state index contributed by atoms with van der Waals surface area (Å²) in [4.78, 5) is 6.18. The van der Waals surface area contributed by atoms with Crippen molar-refractivity contribution in [3.05, 3.63) is 77.4 Å². The topological polar surface area (TPSA) is 38.5 Å². The van der Waals surface area contributed by atoms with Crippen molar-refractivity contribution in [2.75, 3.05) is 18.6 Å². The molecule has 5 rings (SSSR count). The Kier molecular flexibility index (Phi) is 4.99. The smallest absolute Gasteiger partial charge is 0.419 e. The average Bonchev–Trinajstić information content (AvgIpc) is 3.20. The molecule has 0 bridgehead atoms. The minimum absolute atomic E-state index is 0.0487. The molecule has 33 heavy (non-hydrogen) atoms. The normalized spacial score (nSPS) is 15.9. The van der Waals surface area contributed by atoms with Gasteiger partial charge in [-0.15, -0.1) is 0 Å². The van der Waals surface area contributed by atoms with Gasteiger partial charge in [0.25, 0.3) is 0 Å². The molecule has 1 aromatic heterocycles. The SMILES string of the molecule is CN(c1ccc2oc(-c3cc(C(F)(F)F)c(F)cc3F)nc2c1)C1COc2ccccc2C1. The number of aromatic nitrogens is 1. The molecule has 1 aliphatic heterocycles. The second-order valence-corrected chi connectivity index (χ2v) is 7.87. The van der Waals surface area contributed by atoms with Crippen molar-refractivity contribution in [3.63, 3.8) is 0 Å². The molecule has 0 radical (unpaired) electrons. The number of benzene rings is 3. The first-order valence-corrected chi connectivity index (χ1v) is 10.1. The van der Waals surface area contributed by atoms with Crippen LogP contribution in [0.3, 0.4) is 0 Å². The van der Waals surface area contributed by atoms with Gasteiger partial charge in [-0.05, 0) is 42.3 Å². The van der Waals surface area contributed by atoms with Gasteiger partial charge in [-0.2, -0.15) is 13.2 Å². The van der Waals surface area contributed by atoms with Gasteiger partial charge in [-0.3, -0.25) is 0 Å². The van der Waals surface area contributed by atoms with Crippen molar-refractivity contribution in [2.24, 2.45) is 0 Å². The van der Waals surface area contributed by atoms with Crippen LogP contribution in [0.25, 0.3) is 22.6 Å². The first kappa shape index (κ1) is 21.2. The van der Waals surface area contributed by atoms with Crippen LogP contribution in [0.15, 0.2) is 59.0 Å². The van der Waals surface area contributed by atoms with Crippen LogP contribution < -0.4 is 9.64 Å². The van der Waals surface area contributed by atoms with Gasteiger partial charge in [0.2, 0.25) is 5.89 Å². The van der Waals surface area contributed by atoms with E-state index in [0.717, 1.165) is 23.4 Å². The first-order valence-electron chi connectivity index (χ1n) is 10.1. The summed E-state index contributed by atoms with van der Waals surface area (Å²) in [6.07, 6.45) is -4.20. The van der Waals surface area contributed by atoms with Gasteiger partial charge in [-0.25, -0.2) is 13.8 Å². The quantitative estimate of drug-likeness (QED) is 0.340. The molecule has 2 heterocycles. The Morgan fingerprint density at radius 2 is 1.79 bits per heavy atom. The van der Waals surface area contributed by atoms with Gasteiger partial charge in [0.15, 0.2) is 5.58 Å². The van der Waals surface area contributed by atoms with E-state index >= 15 is 0 Å². The van der Waals surface area contributed by atoms with Crippen molar-refractivity contribution in [2.45, 2.75) is 18.6 Å². The third kappa shape index (κ3) is 3.88. The zero-order valence-electron chi connectivity index (χ0n) is 17.3. The highest BCUT2D eigenvalue weighted by Crippen LogP contribution is 2.37. The number of rotatable bonds is 3. The highest BCUT2D eigenvalue weighted by molar-refractivity contribution is 5.80. The second kappa shape index (κ2) is 7.75. The maximum atomic E-state index is 14.3. The monoisotopic (exact) mass is 460 g/mol. The van der Waals surface area contributed by atoms with Crippen LogP contribution >= 0.6 is 0 Å². The van der Waals surface area contributed by atoms with E-state index in [9.17, 15) is 22.0 Å². The van der Waals surface area contributed by atoms with Crippen molar-refractivity contribution >= 4 is 16.8 Å². The molecule has 1 atom stereocenters. The fraction of sp³-hybridized carbons (Fsp3) is 0.208. The minimum atomic E-state index is -4.98. The molecule has 0 aliphatic carbocycles. The van der Waals surface area contributed by atoms with E-state index in [0.29, 0.717) is 18.2 Å². The highest BCUT2D eigenvalue weighted by atomic mass is 19.4. The molecule has 170 valence electrons. The van der Waals surface area contributed by atoms with E-state index in [2.05, 4.69) is 4.98 Å². The molecule has 0 saturated carbocycles. The number of para-hydroxylation sites is 1. The van der Waals surface area contributed by atoms with E-state index < -0.39 is 28.9 Å². The van der Waals surface area contributed by atoms with E-state index in [1.165, 1.54) is 0 Å². The summed E-state index contributed by atoms with van der Waals surface area (Å²) >= 11 is 0. The summed E-state index contributed by atoms with van der Waals surface area (Å²) in [5.41, 5.74) is 0.336. The molecule has 9 heteroatoms. The molecular weight excluding hydrogens is 443 g/mol. The Hall–Kier alpha value is -3.62. The number of likely N-dealkylation sites (N-methyl/N-ethyl adjacent to an activating group) is 1. The van der Waals surface area contributed by atoms with Crippen molar-refractivity contribution in [1.29, 1.82) is 0 Å². The Morgan fingerprint density at radius 3 is 2.58 bits per heavy atom. The summed E-state index contributed by atoms with van der Waals surface area (Å²) in [5.74, 6) is -2.39. The number of hydrogen-bond acceptors (Lipinski definition) is 4. The molecule has 1 unspecified atom stereocenters. The molecule has 0 fully saturated rings. The van der Waals surface area contributed by atoms with Crippen LogP contribution in [0.1, 0.15) is 11.1 Å². The molecule has 4 nitrogen and oxygen atoms in total. The lowest BCUT2D eigenvalue weighted by molar-refractivity contribution is -0.140. The standard InChI is InChI=1S/C24H17F5N2O2/c1-31(15-8-13-4-2-3-5-21(13)32-12-15)14-6-7-22-20(9-14)30-23(33-22)16-10-17(24(27,28)29)19(26)11-18(16)25/h2-7,9-11,15H,8,12H2,1H3. The van der Waals surface area contributed by atoms with Gasteiger partial charge in [-0.1, -0.05) is 18.2 Å². The zero-order chi connectivity index (χ0) is 23.3. The first-order chi connectivity index (χ1) is 15.7. The second-order valence-electron chi connectivity index (χ2n) is 7.87. The number of halogens is 5. The van der Waals surface area contributed by atoms with Crippen molar-refractivity contribution in [1.82, 2.24) is 4.98 Å². The molecule has 0 saturated heterocycles. The van der Waals surface area contributed by atoms with Crippen molar-refractivity contribution in [3.8, 4) is 17.2 Å². The number of alkyl halides is 3. The third-order valence-corrected chi connectivity index (χ3v) is 5.78. The number of hydrogen-bond donors (Lipinski definition) is 0. The largest absolute Gasteiger partial charge is 0.491 e. The lowest BCUT2D eigenvalue weighted by Crippen LogP contribution is -2.40. The summed E-state index contributed by atoms with van der Waals surface area (Å²) in [6.45, 7) is 0.483. The molecule has 0 amide bonds. The van der Waals surface area contributed by atoms with E-state index in [1.54, 1.807) is 18.2 Å². The molecular formula is C24H17F5N2O2. The Morgan fingerprint density at radius 1 is 1.00 bits per heavy atom. The van der Waals surface area contributed by atoms with Crippen LogP contribution in [-0.2, 0) is 12.6 Å². The number of ether oxygens (including phenoxy) is 1. The van der Waals surface area contributed by atoms with Crippen molar-refractivity contribution < 1.29 is 31.1 Å². The van der Waals surface area contributed by atoms with Gasteiger partial charge >= 0.3 is 6.18 Å². The van der Waals surface area contributed by atoms with E-state index in [1.807, 2.05) is 36.2 Å². The number of fused-ring (bicyclic) bond motifs is 2. The molecule has 0 spiro atoms. The molecule has 0 N–H and O–H groups in total. The van der Waals surface area contributed by atoms with Gasteiger partial charge in [0.1, 0.15) is 29.5 Å².